The van der Waals surface area contributed by atoms with Gasteiger partial charge in [0.2, 0.25) is 0 Å². The summed E-state index contributed by atoms with van der Waals surface area (Å²) >= 11 is 0. The van der Waals surface area contributed by atoms with Crippen molar-refractivity contribution in [3.63, 3.8) is 0 Å². The molecule has 0 fully saturated rings. The van der Waals surface area contributed by atoms with Gasteiger partial charge in [0.05, 0.1) is 6.42 Å². The maximum absolute atomic E-state index is 11.8. The maximum atomic E-state index is 11.8. The van der Waals surface area contributed by atoms with E-state index in [0.29, 0.717) is 0 Å². The monoisotopic (exact) mass is 410 g/mol. The molecular weight excluding hydrogens is 405 g/mol. The Hall–Kier alpha value is -1.57. The van der Waals surface area contributed by atoms with Crippen LogP contribution in [-0.2, 0) is 0 Å². The van der Waals surface area contributed by atoms with Crippen LogP contribution >= 0.6 is 0 Å². The minimum absolute atomic E-state index is 0.736. The van der Waals surface area contributed by atoms with Crippen LogP contribution in [0.3, 0.4) is 0 Å². The van der Waals surface area contributed by atoms with Crippen molar-refractivity contribution in [3.05, 3.63) is 24.3 Å². The molecule has 0 aliphatic rings. The zero-order valence-electron chi connectivity index (χ0n) is 11.2. The molecule has 0 aliphatic carbocycles. The summed E-state index contributed by atoms with van der Waals surface area (Å²) in [6, 6.07) is 0. The van der Waals surface area contributed by atoms with E-state index < -0.39 is 54.5 Å². The maximum Gasteiger partial charge on any atom is 0.460 e. The minimum atomic E-state index is -6.27. The standard InChI is InChI=1S/C5H2F8.C5H3F7/c6-3(7)2(5(11,12)13)1-4(8,9)10;1-2-3(6,7)4(8,9)5(10,11)12/h1H2;2H,1H2. The Bertz CT molecular complexity index is 468. The Morgan fingerprint density at radius 1 is 0.720 bits per heavy atom. The fraction of sp³-hybridized carbons (Fsp3) is 0.600. The minimum Gasteiger partial charge on any atom is -0.195 e. The van der Waals surface area contributed by atoms with Gasteiger partial charge in [0, 0.05) is 0 Å². The summed E-state index contributed by atoms with van der Waals surface area (Å²) in [6.45, 7) is 2.18. The van der Waals surface area contributed by atoms with Crippen molar-refractivity contribution in [3.8, 4) is 0 Å². The Labute approximate surface area is 128 Å². The summed E-state index contributed by atoms with van der Waals surface area (Å²) in [5.41, 5.74) is -2.85. The van der Waals surface area contributed by atoms with Crippen molar-refractivity contribution in [2.24, 2.45) is 0 Å². The van der Waals surface area contributed by atoms with Gasteiger partial charge in [-0.15, -0.1) is 0 Å². The lowest BCUT2D eigenvalue weighted by Gasteiger charge is -2.25. The molecule has 0 radical (unpaired) electrons. The first-order valence-electron chi connectivity index (χ1n) is 5.24. The molecule has 0 rings (SSSR count). The lowest BCUT2D eigenvalue weighted by molar-refractivity contribution is -0.341. The predicted octanol–water partition coefficient (Wildman–Crippen LogP) is 6.66. The van der Waals surface area contributed by atoms with Gasteiger partial charge < -0.3 is 0 Å². The van der Waals surface area contributed by atoms with Crippen molar-refractivity contribution in [1.82, 2.24) is 0 Å². The van der Waals surface area contributed by atoms with Crippen LogP contribution in [0.5, 0.6) is 0 Å². The summed E-state index contributed by atoms with van der Waals surface area (Å²) in [4.78, 5) is 0. The van der Waals surface area contributed by atoms with Crippen LogP contribution in [0.2, 0.25) is 0 Å². The SMILES string of the molecule is C=CC(F)(F)C(F)(F)C(F)(F)F.FC(F)=C(CC(F)(F)F)C(F)(F)F. The molecule has 0 aliphatic heterocycles. The Kier molecular flexibility index (Phi) is 7.97. The van der Waals surface area contributed by atoms with Gasteiger partial charge in [0.25, 0.3) is 6.08 Å². The molecule has 0 bridgehead atoms. The first-order valence-corrected chi connectivity index (χ1v) is 5.24. The number of rotatable bonds is 3. The number of alkyl halides is 13. The van der Waals surface area contributed by atoms with Gasteiger partial charge in [-0.25, -0.2) is 0 Å². The highest BCUT2D eigenvalue weighted by Gasteiger charge is 2.71. The number of hydrogen-bond acceptors (Lipinski definition) is 0. The van der Waals surface area contributed by atoms with Gasteiger partial charge in [0.15, 0.2) is 0 Å². The Balaban J connectivity index is 0. The van der Waals surface area contributed by atoms with Gasteiger partial charge in [-0.05, 0) is 6.08 Å². The summed E-state index contributed by atoms with van der Waals surface area (Å²) in [5, 5.41) is 0. The van der Waals surface area contributed by atoms with Crippen LogP contribution in [0, 0.1) is 0 Å². The molecule has 150 valence electrons. The molecule has 0 aromatic heterocycles. The van der Waals surface area contributed by atoms with E-state index in [1.807, 2.05) is 0 Å². The molecule has 0 spiro atoms. The molecule has 0 unspecified atom stereocenters. The molecule has 0 N–H and O–H groups in total. The lowest BCUT2D eigenvalue weighted by atomic mass is 10.1. The van der Waals surface area contributed by atoms with Crippen LogP contribution in [-0.4, -0.2) is 30.4 Å². The van der Waals surface area contributed by atoms with E-state index in [-0.39, 0.29) is 0 Å². The van der Waals surface area contributed by atoms with Crippen molar-refractivity contribution in [1.29, 1.82) is 0 Å². The smallest absolute Gasteiger partial charge is 0.195 e. The number of hydrogen-bond donors (Lipinski definition) is 0. The molecule has 0 heterocycles. The second-order valence-corrected chi connectivity index (χ2v) is 3.93. The number of allylic oxidation sites excluding steroid dienone is 2. The van der Waals surface area contributed by atoms with Crippen molar-refractivity contribution in [2.45, 2.75) is 36.8 Å². The van der Waals surface area contributed by atoms with Gasteiger partial charge >= 0.3 is 30.4 Å². The normalized spacial score (nSPS) is 13.7. The van der Waals surface area contributed by atoms with Crippen LogP contribution in [0.25, 0.3) is 0 Å². The molecule has 0 atom stereocenters. The average Bonchev–Trinajstić information content (AvgIpc) is 2.32. The van der Waals surface area contributed by atoms with Crippen molar-refractivity contribution in [2.75, 3.05) is 0 Å². The number of halogens is 15. The highest BCUT2D eigenvalue weighted by atomic mass is 19.4. The van der Waals surface area contributed by atoms with Gasteiger partial charge in [0.1, 0.15) is 5.57 Å². The van der Waals surface area contributed by atoms with Crippen LogP contribution in [0.1, 0.15) is 6.42 Å². The molecule has 0 saturated carbocycles. The third-order valence-corrected chi connectivity index (χ3v) is 1.98. The molecule has 25 heavy (non-hydrogen) atoms. The molecule has 0 saturated heterocycles. The van der Waals surface area contributed by atoms with Gasteiger partial charge in [-0.2, -0.15) is 65.9 Å². The second-order valence-electron chi connectivity index (χ2n) is 3.93. The molecular formula is C10H5F15. The third-order valence-electron chi connectivity index (χ3n) is 1.98. The van der Waals surface area contributed by atoms with E-state index in [1.54, 1.807) is 0 Å². The van der Waals surface area contributed by atoms with E-state index >= 15 is 0 Å². The predicted molar refractivity (Wildman–Crippen MR) is 52.1 cm³/mol. The fourth-order valence-corrected chi connectivity index (χ4v) is 0.792. The lowest BCUT2D eigenvalue weighted by Crippen LogP contribution is -2.50. The highest BCUT2D eigenvalue weighted by Crippen LogP contribution is 2.46. The molecule has 15 heteroatoms. The average molecular weight is 410 g/mol. The third kappa shape index (κ3) is 7.90. The van der Waals surface area contributed by atoms with E-state index in [9.17, 15) is 65.9 Å². The Morgan fingerprint density at radius 3 is 1.16 bits per heavy atom. The molecule has 0 amide bonds. The van der Waals surface area contributed by atoms with Gasteiger partial charge in [-0.1, -0.05) is 6.58 Å². The zero-order chi connectivity index (χ0) is 21.1. The van der Waals surface area contributed by atoms with Crippen LogP contribution in [0.15, 0.2) is 24.3 Å². The van der Waals surface area contributed by atoms with Crippen LogP contribution < -0.4 is 0 Å². The van der Waals surface area contributed by atoms with E-state index in [1.165, 1.54) is 0 Å². The topological polar surface area (TPSA) is 0 Å². The van der Waals surface area contributed by atoms with Crippen molar-refractivity contribution >= 4 is 0 Å². The first kappa shape index (κ1) is 25.7. The quantitative estimate of drug-likeness (QED) is 0.361. The summed E-state index contributed by atoms with van der Waals surface area (Å²) in [6.07, 6.45) is -24.0. The van der Waals surface area contributed by atoms with E-state index in [0.717, 1.165) is 0 Å². The molecule has 0 nitrogen and oxygen atoms in total. The first-order chi connectivity index (χ1) is 10.6. The summed E-state index contributed by atoms with van der Waals surface area (Å²) < 4.78 is 172. The van der Waals surface area contributed by atoms with Gasteiger partial charge in [-0.3, -0.25) is 0 Å². The highest BCUT2D eigenvalue weighted by molar-refractivity contribution is 5.10. The van der Waals surface area contributed by atoms with E-state index in [2.05, 4.69) is 6.58 Å². The van der Waals surface area contributed by atoms with Crippen LogP contribution in [0.4, 0.5) is 65.9 Å². The van der Waals surface area contributed by atoms with E-state index in [4.69, 9.17) is 0 Å². The second kappa shape index (κ2) is 7.76. The summed E-state index contributed by atoms with van der Waals surface area (Å²) in [7, 11) is 0. The largest absolute Gasteiger partial charge is 0.460 e. The fourth-order valence-electron chi connectivity index (χ4n) is 0.792. The summed E-state index contributed by atoms with van der Waals surface area (Å²) in [5.74, 6) is -11.3. The Morgan fingerprint density at radius 2 is 1.08 bits per heavy atom. The van der Waals surface area contributed by atoms with Crippen molar-refractivity contribution < 1.29 is 65.9 Å². The molecule has 0 aromatic rings. The zero-order valence-corrected chi connectivity index (χ0v) is 11.2. The molecule has 0 aromatic carbocycles.